The summed E-state index contributed by atoms with van der Waals surface area (Å²) in [5.74, 6) is 2.17. The van der Waals surface area contributed by atoms with E-state index in [1.54, 1.807) is 14.2 Å². The molecule has 1 rings (SSSR count). The minimum Gasteiger partial charge on any atom is -0.497 e. The van der Waals surface area contributed by atoms with Gasteiger partial charge in [0.2, 0.25) is 0 Å². The van der Waals surface area contributed by atoms with Crippen LogP contribution in [0.4, 0.5) is 0 Å². The molecule has 24 heavy (non-hydrogen) atoms. The molecule has 0 fully saturated rings. The Labute approximate surface area is 145 Å². The Morgan fingerprint density at radius 1 is 1.21 bits per heavy atom. The highest BCUT2D eigenvalue weighted by atomic mass is 32.2. The number of methoxy groups -OCH3 is 1. The molecule has 6 nitrogen and oxygen atoms in total. The molecule has 0 saturated heterocycles. The summed E-state index contributed by atoms with van der Waals surface area (Å²) in [5, 5.41) is 6.38. The Kier molecular flexibility index (Phi) is 8.60. The molecule has 0 spiro atoms. The molecule has 0 aliphatic heterocycles. The lowest BCUT2D eigenvalue weighted by atomic mass is 9.98. The predicted octanol–water partition coefficient (Wildman–Crippen LogP) is 1.79. The fourth-order valence-corrected chi connectivity index (χ4v) is 2.94. The first-order valence-electron chi connectivity index (χ1n) is 8.12. The van der Waals surface area contributed by atoms with Crippen LogP contribution in [0.1, 0.15) is 31.2 Å². The Morgan fingerprint density at radius 2 is 1.83 bits per heavy atom. The minimum atomic E-state index is -2.90. The van der Waals surface area contributed by atoms with Gasteiger partial charge < -0.3 is 15.4 Å². The van der Waals surface area contributed by atoms with Crippen molar-refractivity contribution in [3.63, 3.8) is 0 Å². The van der Waals surface area contributed by atoms with E-state index in [1.807, 2.05) is 12.1 Å². The molecule has 0 amide bonds. The number of rotatable bonds is 9. The van der Waals surface area contributed by atoms with Gasteiger partial charge in [0.05, 0.1) is 12.9 Å². The number of hydrogen-bond acceptors (Lipinski definition) is 4. The van der Waals surface area contributed by atoms with E-state index in [0.717, 1.165) is 18.7 Å². The molecule has 1 unspecified atom stereocenters. The number of ether oxygens (including phenoxy) is 1. The van der Waals surface area contributed by atoms with Crippen molar-refractivity contribution in [3.8, 4) is 5.75 Å². The maximum Gasteiger partial charge on any atom is 0.190 e. The van der Waals surface area contributed by atoms with Gasteiger partial charge in [0.1, 0.15) is 15.6 Å². The highest BCUT2D eigenvalue weighted by Gasteiger charge is 2.07. The average Bonchev–Trinajstić information content (AvgIpc) is 2.56. The molecular weight excluding hydrogens is 326 g/mol. The van der Waals surface area contributed by atoms with Crippen molar-refractivity contribution >= 4 is 15.8 Å². The quantitative estimate of drug-likeness (QED) is 0.401. The van der Waals surface area contributed by atoms with Gasteiger partial charge in [0.25, 0.3) is 0 Å². The summed E-state index contributed by atoms with van der Waals surface area (Å²) < 4.78 is 27.3. The fourth-order valence-electron chi connectivity index (χ4n) is 2.27. The van der Waals surface area contributed by atoms with Crippen molar-refractivity contribution in [1.29, 1.82) is 0 Å². The van der Waals surface area contributed by atoms with Gasteiger partial charge in [0.15, 0.2) is 5.96 Å². The van der Waals surface area contributed by atoms with E-state index in [2.05, 4.69) is 34.7 Å². The molecule has 2 N–H and O–H groups in total. The zero-order chi connectivity index (χ0) is 18.0. The zero-order valence-electron chi connectivity index (χ0n) is 15.0. The molecular formula is C17H29N3O3S. The maximum absolute atomic E-state index is 11.1. The monoisotopic (exact) mass is 355 g/mol. The van der Waals surface area contributed by atoms with E-state index in [0.29, 0.717) is 24.8 Å². The van der Waals surface area contributed by atoms with Crippen LogP contribution in [0.15, 0.2) is 29.3 Å². The number of benzene rings is 1. The summed E-state index contributed by atoms with van der Waals surface area (Å²) >= 11 is 0. The summed E-state index contributed by atoms with van der Waals surface area (Å²) in [6, 6.07) is 8.12. The molecule has 0 radical (unpaired) electrons. The Bertz CT molecular complexity index is 612. The van der Waals surface area contributed by atoms with Crippen LogP contribution in [0, 0.1) is 0 Å². The number of sulfone groups is 1. The number of aliphatic imine (C=N–C) groups is 1. The van der Waals surface area contributed by atoms with Gasteiger partial charge in [-0.3, -0.25) is 4.99 Å². The van der Waals surface area contributed by atoms with Gasteiger partial charge in [-0.25, -0.2) is 8.42 Å². The Balaban J connectivity index is 2.30. The van der Waals surface area contributed by atoms with Crippen LogP contribution in [-0.2, 0) is 9.84 Å². The second kappa shape index (κ2) is 10.2. The van der Waals surface area contributed by atoms with Crippen LogP contribution >= 0.6 is 0 Å². The first kappa shape index (κ1) is 20.3. The van der Waals surface area contributed by atoms with Gasteiger partial charge >= 0.3 is 0 Å². The van der Waals surface area contributed by atoms with Crippen LogP contribution in [0.5, 0.6) is 5.75 Å². The largest absolute Gasteiger partial charge is 0.497 e. The van der Waals surface area contributed by atoms with Crippen molar-refractivity contribution in [3.05, 3.63) is 29.8 Å². The third kappa shape index (κ3) is 8.19. The summed E-state index contributed by atoms with van der Waals surface area (Å²) in [6.07, 6.45) is 2.79. The van der Waals surface area contributed by atoms with Gasteiger partial charge in [0, 0.05) is 26.4 Å². The lowest BCUT2D eigenvalue weighted by Gasteiger charge is -2.15. The van der Waals surface area contributed by atoms with Gasteiger partial charge in [-0.15, -0.1) is 0 Å². The second-order valence-electron chi connectivity index (χ2n) is 5.87. The molecule has 7 heteroatoms. The third-order valence-electron chi connectivity index (χ3n) is 3.76. The third-order valence-corrected chi connectivity index (χ3v) is 4.79. The highest BCUT2D eigenvalue weighted by molar-refractivity contribution is 7.90. The summed E-state index contributed by atoms with van der Waals surface area (Å²) in [6.45, 7) is 3.56. The fraction of sp³-hybridized carbons (Fsp3) is 0.588. The smallest absolute Gasteiger partial charge is 0.190 e. The van der Waals surface area contributed by atoms with Gasteiger partial charge in [-0.2, -0.15) is 0 Å². The standard InChI is InChI=1S/C17H29N3O3S/c1-14(15-6-8-16(23-3)9-7-15)10-12-20-17(18-2)19-11-5-13-24(4,21)22/h6-9,14H,5,10-13H2,1-4H3,(H2,18,19,20). The Morgan fingerprint density at radius 3 is 2.38 bits per heavy atom. The van der Waals surface area contributed by atoms with E-state index in [9.17, 15) is 8.42 Å². The SMILES string of the molecule is CN=C(NCCCS(C)(=O)=O)NCCC(C)c1ccc(OC)cc1. The summed E-state index contributed by atoms with van der Waals surface area (Å²) in [4.78, 5) is 4.14. The molecule has 0 heterocycles. The van der Waals surface area contributed by atoms with Crippen LogP contribution in [0.3, 0.4) is 0 Å². The van der Waals surface area contributed by atoms with Crippen LogP contribution in [0.25, 0.3) is 0 Å². The van der Waals surface area contributed by atoms with Crippen LogP contribution in [0.2, 0.25) is 0 Å². The number of hydrogen-bond donors (Lipinski definition) is 2. The highest BCUT2D eigenvalue weighted by Crippen LogP contribution is 2.21. The normalized spacial score (nSPS) is 13.4. The van der Waals surface area contributed by atoms with Gasteiger partial charge in [-0.1, -0.05) is 19.1 Å². The average molecular weight is 356 g/mol. The molecule has 1 aromatic rings. The number of nitrogens with zero attached hydrogens (tertiary/aromatic N) is 1. The molecule has 0 bridgehead atoms. The van der Waals surface area contributed by atoms with Crippen LogP contribution in [-0.4, -0.2) is 53.6 Å². The first-order valence-corrected chi connectivity index (χ1v) is 10.2. The van der Waals surface area contributed by atoms with E-state index >= 15 is 0 Å². The zero-order valence-corrected chi connectivity index (χ0v) is 15.8. The van der Waals surface area contributed by atoms with Crippen molar-refractivity contribution in [1.82, 2.24) is 10.6 Å². The first-order chi connectivity index (χ1) is 11.4. The summed E-state index contributed by atoms with van der Waals surface area (Å²) in [5.41, 5.74) is 1.27. The van der Waals surface area contributed by atoms with E-state index in [4.69, 9.17) is 4.74 Å². The van der Waals surface area contributed by atoms with E-state index in [-0.39, 0.29) is 5.75 Å². The molecule has 1 atom stereocenters. The van der Waals surface area contributed by atoms with Crippen molar-refractivity contribution in [2.75, 3.05) is 39.3 Å². The Hall–Kier alpha value is -1.76. The maximum atomic E-state index is 11.1. The summed E-state index contributed by atoms with van der Waals surface area (Å²) in [7, 11) is 0.469. The minimum absolute atomic E-state index is 0.186. The van der Waals surface area contributed by atoms with E-state index in [1.165, 1.54) is 11.8 Å². The van der Waals surface area contributed by atoms with Crippen LogP contribution < -0.4 is 15.4 Å². The van der Waals surface area contributed by atoms with Crippen molar-refractivity contribution in [2.45, 2.75) is 25.7 Å². The van der Waals surface area contributed by atoms with Gasteiger partial charge in [-0.05, 0) is 36.5 Å². The predicted molar refractivity (Wildman–Crippen MR) is 99.7 cm³/mol. The molecule has 0 saturated carbocycles. The van der Waals surface area contributed by atoms with Crippen molar-refractivity contribution in [2.24, 2.45) is 4.99 Å². The number of nitrogens with one attached hydrogen (secondary N) is 2. The topological polar surface area (TPSA) is 79.8 Å². The molecule has 0 aromatic heterocycles. The van der Waals surface area contributed by atoms with Crippen molar-refractivity contribution < 1.29 is 13.2 Å². The molecule has 1 aromatic carbocycles. The second-order valence-corrected chi connectivity index (χ2v) is 8.13. The molecule has 136 valence electrons. The molecule has 0 aliphatic carbocycles. The number of guanidine groups is 1. The van der Waals surface area contributed by atoms with E-state index < -0.39 is 9.84 Å². The lowest BCUT2D eigenvalue weighted by molar-refractivity contribution is 0.414. The molecule has 0 aliphatic rings. The lowest BCUT2D eigenvalue weighted by Crippen LogP contribution is -2.38.